The zero-order valence-corrected chi connectivity index (χ0v) is 17.5. The van der Waals surface area contributed by atoms with Crippen LogP contribution >= 0.6 is 23.4 Å². The van der Waals surface area contributed by atoms with Crippen molar-refractivity contribution in [2.45, 2.75) is 29.6 Å². The highest BCUT2D eigenvalue weighted by Gasteiger charge is 2.36. The summed E-state index contributed by atoms with van der Waals surface area (Å²) in [4.78, 5) is 14.5. The topological polar surface area (TPSA) is 85.3 Å². The number of nitriles is 1. The van der Waals surface area contributed by atoms with E-state index in [9.17, 15) is 10.1 Å². The molecule has 2 N–H and O–H groups in total. The maximum atomic E-state index is 12.6. The Morgan fingerprint density at radius 1 is 1.28 bits per heavy atom. The number of hydrogen-bond donors (Lipinski definition) is 1. The largest absolute Gasteiger partial charge is 0.463 e. The predicted octanol–water partition coefficient (Wildman–Crippen LogP) is 5.14. The van der Waals surface area contributed by atoms with Gasteiger partial charge in [0.2, 0.25) is 5.88 Å². The molecule has 1 unspecified atom stereocenters. The molecule has 1 atom stereocenters. The number of hydrogen-bond acceptors (Lipinski definition) is 6. The molecule has 0 amide bonds. The molecular formula is C22H19ClN2O3S. The molecule has 2 aromatic carbocycles. The molecule has 5 nitrogen and oxygen atoms in total. The molecule has 1 aliphatic rings. The minimum atomic E-state index is -0.646. The summed E-state index contributed by atoms with van der Waals surface area (Å²) in [6, 6.07) is 17.2. The second-order valence-electron chi connectivity index (χ2n) is 6.22. The third kappa shape index (κ3) is 4.42. The molecule has 0 spiro atoms. The number of carbonyl (C=O) groups is 1. The van der Waals surface area contributed by atoms with Gasteiger partial charge in [-0.3, -0.25) is 0 Å². The zero-order valence-electron chi connectivity index (χ0n) is 15.9. The van der Waals surface area contributed by atoms with E-state index in [2.05, 4.69) is 6.07 Å². The second-order valence-corrected chi connectivity index (χ2v) is 7.74. The van der Waals surface area contributed by atoms with Gasteiger partial charge in [0.25, 0.3) is 0 Å². The molecule has 0 saturated carbocycles. The number of benzene rings is 2. The van der Waals surface area contributed by atoms with Crippen molar-refractivity contribution in [1.82, 2.24) is 0 Å². The normalized spacial score (nSPS) is 16.3. The number of carbonyl (C=O) groups excluding carboxylic acids is 1. The maximum Gasteiger partial charge on any atom is 0.338 e. The van der Waals surface area contributed by atoms with E-state index < -0.39 is 11.9 Å². The fraction of sp³-hybridized carbons (Fsp3) is 0.182. The van der Waals surface area contributed by atoms with Crippen LogP contribution in [0, 0.1) is 11.3 Å². The van der Waals surface area contributed by atoms with E-state index in [0.29, 0.717) is 10.8 Å². The van der Waals surface area contributed by atoms with Gasteiger partial charge in [-0.1, -0.05) is 47.6 Å². The van der Waals surface area contributed by atoms with Crippen LogP contribution in [0.4, 0.5) is 0 Å². The van der Waals surface area contributed by atoms with E-state index in [1.807, 2.05) is 48.5 Å². The summed E-state index contributed by atoms with van der Waals surface area (Å²) in [7, 11) is 0. The molecule has 0 aromatic heterocycles. The first kappa shape index (κ1) is 20.8. The van der Waals surface area contributed by atoms with Crippen molar-refractivity contribution < 1.29 is 14.3 Å². The summed E-state index contributed by atoms with van der Waals surface area (Å²) in [6.07, 6.45) is 0. The van der Waals surface area contributed by atoms with Crippen LogP contribution in [0.25, 0.3) is 0 Å². The van der Waals surface area contributed by atoms with Crippen LogP contribution in [0.3, 0.4) is 0 Å². The quantitative estimate of drug-likeness (QED) is 0.666. The van der Waals surface area contributed by atoms with E-state index in [1.165, 1.54) is 11.8 Å². The Labute approximate surface area is 178 Å². The van der Waals surface area contributed by atoms with Crippen molar-refractivity contribution >= 4 is 29.3 Å². The summed E-state index contributed by atoms with van der Waals surface area (Å²) in [5.74, 6) is -0.839. The Morgan fingerprint density at radius 3 is 2.59 bits per heavy atom. The van der Waals surface area contributed by atoms with Gasteiger partial charge in [-0.15, -0.1) is 0 Å². The first-order chi connectivity index (χ1) is 14.0. The van der Waals surface area contributed by atoms with Crippen LogP contribution in [0.2, 0.25) is 5.02 Å². The maximum absolute atomic E-state index is 12.6. The van der Waals surface area contributed by atoms with Crippen molar-refractivity contribution in [3.8, 4) is 6.07 Å². The van der Waals surface area contributed by atoms with E-state index in [1.54, 1.807) is 13.8 Å². The Bertz CT molecular complexity index is 1040. The fourth-order valence-corrected chi connectivity index (χ4v) is 4.16. The molecule has 1 heterocycles. The molecule has 0 saturated heterocycles. The second kappa shape index (κ2) is 9.08. The number of halogens is 1. The lowest BCUT2D eigenvalue weighted by Crippen LogP contribution is -2.25. The minimum absolute atomic E-state index is 0.00225. The first-order valence-corrected chi connectivity index (χ1v) is 10.1. The minimum Gasteiger partial charge on any atom is -0.463 e. The number of ether oxygens (including phenoxy) is 2. The van der Waals surface area contributed by atoms with Crippen LogP contribution in [-0.4, -0.2) is 12.6 Å². The van der Waals surface area contributed by atoms with Crippen LogP contribution in [-0.2, 0) is 14.3 Å². The first-order valence-electron chi connectivity index (χ1n) is 8.94. The highest BCUT2D eigenvalue weighted by atomic mass is 35.5. The third-order valence-corrected chi connectivity index (χ3v) is 5.90. The molecule has 0 bridgehead atoms. The lowest BCUT2D eigenvalue weighted by atomic mass is 9.83. The van der Waals surface area contributed by atoms with E-state index in [4.69, 9.17) is 26.8 Å². The monoisotopic (exact) mass is 426 g/mol. The van der Waals surface area contributed by atoms with Gasteiger partial charge in [-0.25, -0.2) is 4.79 Å². The molecule has 0 fully saturated rings. The SMILES string of the molecule is CCOC(=O)C1=C(C)OC(N)=C(C#N)C1c1ccc(Sc2ccccc2Cl)cc1. The summed E-state index contributed by atoms with van der Waals surface area (Å²) in [5, 5.41) is 10.3. The van der Waals surface area contributed by atoms with Crippen LogP contribution in [0.15, 0.2) is 81.1 Å². The molecule has 0 aliphatic carbocycles. The van der Waals surface area contributed by atoms with Gasteiger partial charge in [0, 0.05) is 9.79 Å². The number of nitrogens with zero attached hydrogens (tertiary/aromatic N) is 1. The van der Waals surface area contributed by atoms with E-state index in [-0.39, 0.29) is 23.6 Å². The Kier molecular flexibility index (Phi) is 6.53. The van der Waals surface area contributed by atoms with Crippen molar-refractivity contribution in [2.24, 2.45) is 5.73 Å². The van der Waals surface area contributed by atoms with Gasteiger partial charge >= 0.3 is 5.97 Å². The van der Waals surface area contributed by atoms with Crippen molar-refractivity contribution in [2.75, 3.05) is 6.61 Å². The standard InChI is InChI=1S/C22H19ClN2O3S/c1-3-27-22(26)19-13(2)28-21(25)16(12-24)20(19)14-8-10-15(11-9-14)29-18-7-5-4-6-17(18)23/h4-11,20H,3,25H2,1-2H3. The van der Waals surface area contributed by atoms with Crippen LogP contribution in [0.5, 0.6) is 0 Å². The molecule has 3 rings (SSSR count). The molecular weight excluding hydrogens is 408 g/mol. The van der Waals surface area contributed by atoms with Gasteiger partial charge < -0.3 is 15.2 Å². The van der Waals surface area contributed by atoms with Gasteiger partial charge in [0.05, 0.1) is 23.1 Å². The number of rotatable bonds is 5. The van der Waals surface area contributed by atoms with Crippen LogP contribution < -0.4 is 5.73 Å². The highest BCUT2D eigenvalue weighted by molar-refractivity contribution is 7.99. The van der Waals surface area contributed by atoms with Crippen molar-refractivity contribution in [3.63, 3.8) is 0 Å². The summed E-state index contributed by atoms with van der Waals surface area (Å²) in [5.41, 5.74) is 7.14. The molecule has 2 aromatic rings. The number of allylic oxidation sites excluding steroid dienone is 2. The van der Waals surface area contributed by atoms with Gasteiger partial charge in [0.15, 0.2) is 0 Å². The molecule has 7 heteroatoms. The zero-order chi connectivity index (χ0) is 21.0. The third-order valence-electron chi connectivity index (χ3n) is 4.38. The van der Waals surface area contributed by atoms with E-state index >= 15 is 0 Å². The summed E-state index contributed by atoms with van der Waals surface area (Å²) < 4.78 is 10.6. The molecule has 148 valence electrons. The lowest BCUT2D eigenvalue weighted by Gasteiger charge is -2.26. The number of nitrogens with two attached hydrogens (primary N) is 1. The number of esters is 1. The van der Waals surface area contributed by atoms with Crippen molar-refractivity contribution in [1.29, 1.82) is 5.26 Å². The van der Waals surface area contributed by atoms with E-state index in [0.717, 1.165) is 15.4 Å². The average molecular weight is 427 g/mol. The smallest absolute Gasteiger partial charge is 0.338 e. The van der Waals surface area contributed by atoms with Gasteiger partial charge in [0.1, 0.15) is 17.4 Å². The highest BCUT2D eigenvalue weighted by Crippen LogP contribution is 2.40. The Balaban J connectivity index is 1.97. The summed E-state index contributed by atoms with van der Waals surface area (Å²) >= 11 is 7.76. The van der Waals surface area contributed by atoms with Gasteiger partial charge in [-0.2, -0.15) is 5.26 Å². The Morgan fingerprint density at radius 2 is 1.97 bits per heavy atom. The summed E-state index contributed by atoms with van der Waals surface area (Å²) in [6.45, 7) is 3.58. The van der Waals surface area contributed by atoms with Crippen LogP contribution in [0.1, 0.15) is 25.3 Å². The molecule has 0 radical (unpaired) electrons. The molecule has 1 aliphatic heterocycles. The lowest BCUT2D eigenvalue weighted by molar-refractivity contribution is -0.139. The Hall–Kier alpha value is -2.88. The molecule has 29 heavy (non-hydrogen) atoms. The van der Waals surface area contributed by atoms with Gasteiger partial charge in [-0.05, 0) is 43.7 Å². The average Bonchev–Trinajstić information content (AvgIpc) is 2.70. The fourth-order valence-electron chi connectivity index (χ4n) is 3.07. The van der Waals surface area contributed by atoms with Crippen molar-refractivity contribution in [3.05, 3.63) is 81.9 Å². The predicted molar refractivity (Wildman–Crippen MR) is 112 cm³/mol.